The smallest absolute Gasteiger partial charge is 0.427 e. The van der Waals surface area contributed by atoms with Crippen molar-refractivity contribution in [3.63, 3.8) is 0 Å². The molecule has 0 saturated heterocycles. The first kappa shape index (κ1) is 14.5. The van der Waals surface area contributed by atoms with Crippen molar-refractivity contribution in [1.29, 1.82) is 0 Å². The monoisotopic (exact) mass is 238 g/mol. The minimum Gasteiger partial charge on any atom is -0.427 e. The Morgan fingerprint density at radius 2 is 1.50 bits per heavy atom. The largest absolute Gasteiger partial charge is 0.455 e. The van der Waals surface area contributed by atoms with E-state index in [-0.39, 0.29) is 22.9 Å². The molecule has 1 unspecified atom stereocenters. The summed E-state index contributed by atoms with van der Waals surface area (Å²) in [5.74, 6) is -0.00463. The van der Waals surface area contributed by atoms with Crippen molar-refractivity contribution in [1.82, 2.24) is 0 Å². The van der Waals surface area contributed by atoms with Gasteiger partial charge in [0.15, 0.2) is 0 Å². The summed E-state index contributed by atoms with van der Waals surface area (Å²) in [5.41, 5.74) is 0. The summed E-state index contributed by atoms with van der Waals surface area (Å²) < 4.78 is 0. The first-order valence-corrected chi connectivity index (χ1v) is 5.33. The van der Waals surface area contributed by atoms with Crippen molar-refractivity contribution in [3.05, 3.63) is 12.8 Å². The molecule has 0 aromatic heterocycles. The summed E-state index contributed by atoms with van der Waals surface area (Å²) in [7, 11) is -1.14. The van der Waals surface area contributed by atoms with Gasteiger partial charge in [-0.1, -0.05) is 44.9 Å². The maximum absolute atomic E-state index is 8.56. The predicted molar refractivity (Wildman–Crippen MR) is 54.9 cm³/mol. The summed E-state index contributed by atoms with van der Waals surface area (Å²) in [5, 5.41) is 17.1. The van der Waals surface area contributed by atoms with Gasteiger partial charge in [-0.15, -0.1) is 0 Å². The molecule has 2 aliphatic carbocycles. The maximum Gasteiger partial charge on any atom is 0.455 e. The van der Waals surface area contributed by atoms with E-state index in [2.05, 4.69) is 0 Å². The van der Waals surface area contributed by atoms with Crippen LogP contribution in [0.1, 0.15) is 44.9 Å². The van der Waals surface area contributed by atoms with Gasteiger partial charge in [-0.25, -0.2) is 0 Å². The van der Waals surface area contributed by atoms with Crippen LogP contribution in [0.3, 0.4) is 0 Å². The van der Waals surface area contributed by atoms with Crippen LogP contribution in [0.4, 0.5) is 0 Å². The normalized spacial score (nSPS) is 21.0. The molecule has 0 heterocycles. The molecule has 0 aromatic carbocycles. The molecule has 4 heteroatoms. The van der Waals surface area contributed by atoms with Crippen LogP contribution < -0.4 is 0 Å². The zero-order valence-corrected chi connectivity index (χ0v) is 9.61. The molecule has 2 aliphatic rings. The van der Waals surface area contributed by atoms with Crippen molar-refractivity contribution >= 4 is 7.12 Å². The molecule has 0 aliphatic heterocycles. The van der Waals surface area contributed by atoms with E-state index in [1.165, 1.54) is 32.1 Å². The van der Waals surface area contributed by atoms with Crippen molar-refractivity contribution in [3.8, 4) is 0 Å². The Labute approximate surface area is 98.1 Å². The standard InChI is InChI=1S/C5H9BO2.C5H10.Fe/c7-6(8)5-3-1-2-4-5;1-2-4-5-3-1;/h1,3,5,7-8H,2,4H2;1-5H2;. The van der Waals surface area contributed by atoms with Crippen molar-refractivity contribution in [2.75, 3.05) is 0 Å². The molecule has 2 rings (SSSR count). The van der Waals surface area contributed by atoms with Crippen LogP contribution in [-0.2, 0) is 17.1 Å². The van der Waals surface area contributed by atoms with Crippen LogP contribution in [0.5, 0.6) is 0 Å². The molecule has 0 aromatic rings. The van der Waals surface area contributed by atoms with Crippen LogP contribution in [0, 0.1) is 12.8 Å². The van der Waals surface area contributed by atoms with Gasteiger partial charge in [0.25, 0.3) is 0 Å². The van der Waals surface area contributed by atoms with E-state index >= 15 is 0 Å². The summed E-state index contributed by atoms with van der Waals surface area (Å²) in [6.45, 7) is 0. The molecule has 2 fully saturated rings. The number of hydrogen-bond donors (Lipinski definition) is 2. The molecule has 2 radical (unpaired) electrons. The number of hydrogen-bond acceptors (Lipinski definition) is 2. The average Bonchev–Trinajstić information content (AvgIpc) is 2.82. The van der Waals surface area contributed by atoms with Crippen LogP contribution in [0.25, 0.3) is 0 Å². The van der Waals surface area contributed by atoms with Gasteiger partial charge in [0.1, 0.15) is 0 Å². The van der Waals surface area contributed by atoms with Crippen LogP contribution >= 0.6 is 0 Å². The third-order valence-corrected chi connectivity index (χ3v) is 2.68. The Balaban J connectivity index is 0.000000246. The zero-order chi connectivity index (χ0) is 9.52. The summed E-state index contributed by atoms with van der Waals surface area (Å²) >= 11 is 0. The topological polar surface area (TPSA) is 40.5 Å². The molecule has 1 atom stereocenters. The summed E-state index contributed by atoms with van der Waals surface area (Å²) in [6.07, 6.45) is 13.2. The third-order valence-electron chi connectivity index (χ3n) is 2.68. The van der Waals surface area contributed by atoms with E-state index < -0.39 is 7.12 Å². The van der Waals surface area contributed by atoms with Crippen LogP contribution in [0.15, 0.2) is 0 Å². The molecule has 2 saturated carbocycles. The Morgan fingerprint density at radius 1 is 1.00 bits per heavy atom. The van der Waals surface area contributed by atoms with Crippen LogP contribution in [0.2, 0.25) is 5.82 Å². The molecule has 2 N–H and O–H groups in total. The molecular formula is C10H19BFeO2. The van der Waals surface area contributed by atoms with Gasteiger partial charge in [0.05, 0.1) is 0 Å². The Bertz CT molecular complexity index is 116. The van der Waals surface area contributed by atoms with E-state index in [0.29, 0.717) is 0 Å². The SMILES string of the molecule is C1CCCC1.OB(O)C1[CH][CH]CC1.[Fe]. The fourth-order valence-electron chi connectivity index (χ4n) is 1.79. The van der Waals surface area contributed by atoms with Crippen LogP contribution in [-0.4, -0.2) is 17.2 Å². The van der Waals surface area contributed by atoms with Gasteiger partial charge in [-0.3, -0.25) is 0 Å². The van der Waals surface area contributed by atoms with Gasteiger partial charge >= 0.3 is 7.12 Å². The predicted octanol–water partition coefficient (Wildman–Crippen LogP) is 1.98. The second-order valence-electron chi connectivity index (χ2n) is 3.85. The molecule has 2 nitrogen and oxygen atoms in total. The fourth-order valence-corrected chi connectivity index (χ4v) is 1.79. The first-order valence-electron chi connectivity index (χ1n) is 5.33. The van der Waals surface area contributed by atoms with E-state index in [1.54, 1.807) is 0 Å². The van der Waals surface area contributed by atoms with Crippen molar-refractivity contribution in [2.24, 2.45) is 0 Å². The quantitative estimate of drug-likeness (QED) is 0.685. The summed E-state index contributed by atoms with van der Waals surface area (Å²) in [6, 6.07) is 0. The second-order valence-corrected chi connectivity index (χ2v) is 3.85. The molecule has 14 heavy (non-hydrogen) atoms. The first-order chi connectivity index (χ1) is 6.30. The second kappa shape index (κ2) is 8.78. The zero-order valence-electron chi connectivity index (χ0n) is 8.51. The van der Waals surface area contributed by atoms with Gasteiger partial charge in [-0.05, 0) is 18.7 Å². The average molecular weight is 238 g/mol. The van der Waals surface area contributed by atoms with Gasteiger partial charge in [0, 0.05) is 17.1 Å². The Hall–Kier alpha value is 0.504. The van der Waals surface area contributed by atoms with E-state index in [9.17, 15) is 0 Å². The minimum atomic E-state index is -1.14. The van der Waals surface area contributed by atoms with Gasteiger partial charge in [-0.2, -0.15) is 0 Å². The molecular weight excluding hydrogens is 219 g/mol. The summed E-state index contributed by atoms with van der Waals surface area (Å²) in [4.78, 5) is 0. The maximum atomic E-state index is 8.56. The third kappa shape index (κ3) is 6.08. The molecule has 82 valence electrons. The van der Waals surface area contributed by atoms with E-state index in [4.69, 9.17) is 10.0 Å². The van der Waals surface area contributed by atoms with E-state index in [0.717, 1.165) is 12.8 Å². The number of rotatable bonds is 1. The Morgan fingerprint density at radius 3 is 1.71 bits per heavy atom. The molecule has 0 bridgehead atoms. The van der Waals surface area contributed by atoms with Crippen molar-refractivity contribution < 1.29 is 27.1 Å². The molecule has 0 spiro atoms. The minimum absolute atomic E-state index is 0. The van der Waals surface area contributed by atoms with Crippen molar-refractivity contribution in [2.45, 2.75) is 50.8 Å². The van der Waals surface area contributed by atoms with Gasteiger partial charge < -0.3 is 10.0 Å². The van der Waals surface area contributed by atoms with E-state index in [1.807, 2.05) is 12.8 Å². The molecule has 0 amide bonds. The fraction of sp³-hybridized carbons (Fsp3) is 0.800. The Kier molecular flexibility index (Phi) is 9.10. The van der Waals surface area contributed by atoms with Gasteiger partial charge in [0.2, 0.25) is 0 Å².